The number of aromatic amines is 1. The van der Waals surface area contributed by atoms with Crippen LogP contribution in [0, 0.1) is 4.77 Å². The van der Waals surface area contributed by atoms with E-state index in [2.05, 4.69) is 10.2 Å². The van der Waals surface area contributed by atoms with Crippen LogP contribution >= 0.6 is 12.2 Å². The van der Waals surface area contributed by atoms with E-state index in [-0.39, 0.29) is 0 Å². The molecule has 0 amide bonds. The largest absolute Gasteiger partial charge is 0.497 e. The van der Waals surface area contributed by atoms with E-state index in [1.807, 2.05) is 22.8 Å². The summed E-state index contributed by atoms with van der Waals surface area (Å²) in [4.78, 5) is 0. The molecular weight excluding hydrogens is 278 g/mol. The van der Waals surface area contributed by atoms with Crippen molar-refractivity contribution >= 4 is 12.2 Å². The third-order valence-electron chi connectivity index (χ3n) is 2.92. The van der Waals surface area contributed by atoms with Crippen LogP contribution in [-0.2, 0) is 11.3 Å². The Bertz CT molecular complexity index is 636. The molecule has 0 fully saturated rings. The first-order valence-electron chi connectivity index (χ1n) is 6.07. The summed E-state index contributed by atoms with van der Waals surface area (Å²) in [6.45, 7) is 1.16. The topological polar surface area (TPSA) is 61.3 Å². The van der Waals surface area contributed by atoms with Crippen molar-refractivity contribution in [2.45, 2.75) is 6.54 Å². The van der Waals surface area contributed by atoms with Gasteiger partial charge in [-0.2, -0.15) is 5.10 Å². The number of nitrogens with one attached hydrogen (secondary N) is 1. The van der Waals surface area contributed by atoms with Gasteiger partial charge in [-0.3, -0.25) is 9.67 Å². The fraction of sp³-hybridized carbons (Fsp3) is 0.385. The van der Waals surface area contributed by atoms with E-state index in [0.29, 0.717) is 29.5 Å². The average molecular weight is 295 g/mol. The molecule has 0 unspecified atom stereocenters. The van der Waals surface area contributed by atoms with Crippen molar-refractivity contribution in [3.8, 4) is 22.9 Å². The highest BCUT2D eigenvalue weighted by atomic mass is 32.1. The predicted molar refractivity (Wildman–Crippen MR) is 77.8 cm³/mol. The van der Waals surface area contributed by atoms with Crippen LogP contribution in [0.2, 0.25) is 0 Å². The third kappa shape index (κ3) is 2.83. The number of hydrogen-bond acceptors (Lipinski definition) is 5. The van der Waals surface area contributed by atoms with E-state index in [1.54, 1.807) is 21.3 Å². The molecule has 0 aliphatic rings. The van der Waals surface area contributed by atoms with Crippen molar-refractivity contribution in [3.05, 3.63) is 23.0 Å². The van der Waals surface area contributed by atoms with Crippen LogP contribution in [-0.4, -0.2) is 42.7 Å². The van der Waals surface area contributed by atoms with Gasteiger partial charge in [0, 0.05) is 7.11 Å². The molecule has 0 radical (unpaired) electrons. The highest BCUT2D eigenvalue weighted by molar-refractivity contribution is 7.71. The maximum Gasteiger partial charge on any atom is 0.195 e. The fourth-order valence-corrected chi connectivity index (χ4v) is 2.13. The Hall–Kier alpha value is -1.86. The van der Waals surface area contributed by atoms with Gasteiger partial charge in [-0.25, -0.2) is 0 Å². The highest BCUT2D eigenvalue weighted by Crippen LogP contribution is 2.32. The molecule has 0 spiro atoms. The number of H-pyrrole nitrogens is 1. The molecule has 2 rings (SSSR count). The first kappa shape index (κ1) is 14.5. The molecule has 0 aliphatic heterocycles. The molecule has 0 aliphatic carbocycles. The zero-order chi connectivity index (χ0) is 14.5. The number of hydrogen-bond donors (Lipinski definition) is 1. The maximum absolute atomic E-state index is 5.38. The lowest BCUT2D eigenvalue weighted by Gasteiger charge is -2.11. The number of benzene rings is 1. The predicted octanol–water partition coefficient (Wildman–Crippen LogP) is 2.27. The third-order valence-corrected chi connectivity index (χ3v) is 3.24. The Balaban J connectivity index is 2.52. The Morgan fingerprint density at radius 3 is 2.70 bits per heavy atom. The molecule has 0 bridgehead atoms. The molecule has 6 nitrogen and oxygen atoms in total. The van der Waals surface area contributed by atoms with Crippen molar-refractivity contribution in [1.82, 2.24) is 14.8 Å². The van der Waals surface area contributed by atoms with Crippen LogP contribution in [0.1, 0.15) is 0 Å². The Morgan fingerprint density at radius 2 is 2.05 bits per heavy atom. The average Bonchev–Trinajstić information content (AvgIpc) is 2.85. The van der Waals surface area contributed by atoms with E-state index < -0.39 is 0 Å². The van der Waals surface area contributed by atoms with E-state index >= 15 is 0 Å². The fourth-order valence-electron chi connectivity index (χ4n) is 1.90. The van der Waals surface area contributed by atoms with Gasteiger partial charge in [0.05, 0.1) is 32.9 Å². The summed E-state index contributed by atoms with van der Waals surface area (Å²) in [5.41, 5.74) is 0.815. The second kappa shape index (κ2) is 6.53. The van der Waals surface area contributed by atoms with E-state index in [4.69, 9.17) is 26.4 Å². The molecule has 2 aromatic rings. The first-order valence-corrected chi connectivity index (χ1v) is 6.48. The summed E-state index contributed by atoms with van der Waals surface area (Å²) in [7, 11) is 4.88. The van der Waals surface area contributed by atoms with Gasteiger partial charge in [-0.05, 0) is 30.4 Å². The van der Waals surface area contributed by atoms with Crippen LogP contribution in [0.25, 0.3) is 11.4 Å². The van der Waals surface area contributed by atoms with E-state index in [0.717, 1.165) is 11.3 Å². The van der Waals surface area contributed by atoms with Gasteiger partial charge in [0.25, 0.3) is 0 Å². The van der Waals surface area contributed by atoms with Crippen LogP contribution in [0.4, 0.5) is 0 Å². The summed E-state index contributed by atoms with van der Waals surface area (Å²) in [5.74, 6) is 2.13. The molecule has 108 valence electrons. The Labute approximate surface area is 122 Å². The number of rotatable bonds is 6. The second-order valence-corrected chi connectivity index (χ2v) is 4.45. The lowest BCUT2D eigenvalue weighted by atomic mass is 10.1. The minimum atomic E-state index is 0.543. The second-order valence-electron chi connectivity index (χ2n) is 4.06. The molecule has 1 N–H and O–H groups in total. The highest BCUT2D eigenvalue weighted by Gasteiger charge is 2.14. The minimum absolute atomic E-state index is 0.543. The van der Waals surface area contributed by atoms with Gasteiger partial charge < -0.3 is 14.2 Å². The minimum Gasteiger partial charge on any atom is -0.497 e. The van der Waals surface area contributed by atoms with Gasteiger partial charge in [0.1, 0.15) is 11.5 Å². The molecule has 1 heterocycles. The molecule has 0 atom stereocenters. The summed E-state index contributed by atoms with van der Waals surface area (Å²) in [5, 5.41) is 7.07. The first-order chi connectivity index (χ1) is 9.71. The summed E-state index contributed by atoms with van der Waals surface area (Å²) >= 11 is 5.24. The van der Waals surface area contributed by atoms with Crippen molar-refractivity contribution in [3.63, 3.8) is 0 Å². The molecule has 1 aromatic heterocycles. The lowest BCUT2D eigenvalue weighted by Crippen LogP contribution is -2.06. The van der Waals surface area contributed by atoms with Crippen LogP contribution in [0.3, 0.4) is 0 Å². The Kier molecular flexibility index (Phi) is 4.75. The van der Waals surface area contributed by atoms with Crippen LogP contribution in [0.5, 0.6) is 11.5 Å². The quantitative estimate of drug-likeness (QED) is 0.828. The van der Waals surface area contributed by atoms with Gasteiger partial charge in [0.15, 0.2) is 10.6 Å². The van der Waals surface area contributed by atoms with Crippen molar-refractivity contribution in [2.24, 2.45) is 0 Å². The molecular formula is C13H17N3O3S. The normalized spacial score (nSPS) is 10.6. The SMILES string of the molecule is COCCn1c(-c2cc(OC)ccc2OC)n[nH]c1=S. The van der Waals surface area contributed by atoms with Crippen LogP contribution in [0.15, 0.2) is 18.2 Å². The molecule has 1 aromatic carbocycles. The van der Waals surface area contributed by atoms with Crippen molar-refractivity contribution in [2.75, 3.05) is 27.9 Å². The van der Waals surface area contributed by atoms with E-state index in [9.17, 15) is 0 Å². The van der Waals surface area contributed by atoms with Crippen molar-refractivity contribution in [1.29, 1.82) is 0 Å². The van der Waals surface area contributed by atoms with Gasteiger partial charge in [-0.1, -0.05) is 0 Å². The summed E-state index contributed by atoms with van der Waals surface area (Å²) in [6.07, 6.45) is 0. The zero-order valence-corrected chi connectivity index (χ0v) is 12.5. The van der Waals surface area contributed by atoms with Gasteiger partial charge in [0.2, 0.25) is 0 Å². The number of ether oxygens (including phenoxy) is 3. The molecule has 20 heavy (non-hydrogen) atoms. The standard InChI is InChI=1S/C13H17N3O3S/c1-17-7-6-16-12(14-15-13(16)20)10-8-9(18-2)4-5-11(10)19-3/h4-5,8H,6-7H2,1-3H3,(H,15,20). The van der Waals surface area contributed by atoms with E-state index in [1.165, 1.54) is 0 Å². The van der Waals surface area contributed by atoms with Crippen LogP contribution < -0.4 is 9.47 Å². The monoisotopic (exact) mass is 295 g/mol. The van der Waals surface area contributed by atoms with Gasteiger partial charge in [-0.15, -0.1) is 0 Å². The number of nitrogens with zero attached hydrogens (tertiary/aromatic N) is 2. The zero-order valence-electron chi connectivity index (χ0n) is 11.7. The molecule has 7 heteroatoms. The summed E-state index contributed by atoms with van der Waals surface area (Å²) in [6, 6.07) is 5.54. The maximum atomic E-state index is 5.38. The van der Waals surface area contributed by atoms with Gasteiger partial charge >= 0.3 is 0 Å². The Morgan fingerprint density at radius 1 is 1.25 bits per heavy atom. The number of methoxy groups -OCH3 is 3. The molecule has 0 saturated heterocycles. The molecule has 0 saturated carbocycles. The number of aromatic nitrogens is 3. The van der Waals surface area contributed by atoms with Crippen molar-refractivity contribution < 1.29 is 14.2 Å². The smallest absolute Gasteiger partial charge is 0.195 e. The lowest BCUT2D eigenvalue weighted by molar-refractivity contribution is 0.187. The summed E-state index contributed by atoms with van der Waals surface area (Å²) < 4.78 is 18.1.